The Morgan fingerprint density at radius 3 is 2.41 bits per heavy atom. The third-order valence-corrected chi connectivity index (χ3v) is 5.63. The third kappa shape index (κ3) is 2.28. The minimum Gasteiger partial charge on any atom is -0.199 e. The number of aromatic nitrogens is 3. The van der Waals surface area contributed by atoms with Gasteiger partial charge in [0.1, 0.15) is 11.0 Å². The number of hydrogen-bond acceptors (Lipinski definition) is 4. The number of hydrogen-bond donors (Lipinski definition) is 0. The van der Waals surface area contributed by atoms with Gasteiger partial charge in [-0.1, -0.05) is 22.9 Å². The summed E-state index contributed by atoms with van der Waals surface area (Å²) < 4.78 is 26.8. The summed E-state index contributed by atoms with van der Waals surface area (Å²) in [5, 5.41) is 8.17. The van der Waals surface area contributed by atoms with Crippen molar-refractivity contribution in [3.8, 4) is 0 Å². The van der Waals surface area contributed by atoms with Crippen molar-refractivity contribution in [2.45, 2.75) is 25.7 Å². The van der Waals surface area contributed by atoms with Crippen LogP contribution in [0, 0.1) is 20.8 Å². The van der Waals surface area contributed by atoms with Crippen LogP contribution < -0.4 is 0 Å². The second-order valence-electron chi connectivity index (χ2n) is 5.27. The molecule has 0 aliphatic carbocycles. The third-order valence-electron chi connectivity index (χ3n) is 3.67. The zero-order chi connectivity index (χ0) is 16.1. The molecule has 0 aliphatic heterocycles. The van der Waals surface area contributed by atoms with Gasteiger partial charge in [0.25, 0.3) is 10.0 Å². The van der Waals surface area contributed by atoms with Gasteiger partial charge in [0, 0.05) is 5.02 Å². The van der Waals surface area contributed by atoms with Crippen molar-refractivity contribution >= 4 is 32.7 Å². The van der Waals surface area contributed by atoms with Crippen molar-refractivity contribution < 1.29 is 8.42 Å². The van der Waals surface area contributed by atoms with E-state index in [1.54, 1.807) is 31.2 Å². The van der Waals surface area contributed by atoms with Crippen molar-refractivity contribution in [1.29, 1.82) is 0 Å². The molecule has 0 atom stereocenters. The second kappa shape index (κ2) is 5.07. The summed E-state index contributed by atoms with van der Waals surface area (Å²) >= 11 is 5.90. The monoisotopic (exact) mass is 335 g/mol. The maximum Gasteiger partial charge on any atom is 0.285 e. The van der Waals surface area contributed by atoms with E-state index in [0.29, 0.717) is 21.6 Å². The maximum atomic E-state index is 12.9. The summed E-state index contributed by atoms with van der Waals surface area (Å²) in [5.74, 6) is 0. The smallest absolute Gasteiger partial charge is 0.199 e. The van der Waals surface area contributed by atoms with Gasteiger partial charge in [0.15, 0.2) is 0 Å². The largest absolute Gasteiger partial charge is 0.285 e. The van der Waals surface area contributed by atoms with Crippen molar-refractivity contribution in [3.63, 3.8) is 0 Å². The lowest BCUT2D eigenvalue weighted by Crippen LogP contribution is -2.16. The van der Waals surface area contributed by atoms with E-state index in [-0.39, 0.29) is 4.90 Å². The minimum atomic E-state index is -3.81. The van der Waals surface area contributed by atoms with E-state index >= 15 is 0 Å². The molecule has 114 valence electrons. The fraction of sp³-hybridized carbons (Fsp3) is 0.200. The standard InChI is InChI=1S/C15H14ClN3O2S/c1-9-6-11(3)15(7-10(9)2)22(20,21)19-14-5-4-12(16)8-13(14)17-18-19/h4-8H,1-3H3. The van der Waals surface area contributed by atoms with Crippen LogP contribution in [0.5, 0.6) is 0 Å². The molecule has 0 aliphatic rings. The lowest BCUT2D eigenvalue weighted by molar-refractivity contribution is 0.578. The topological polar surface area (TPSA) is 64.8 Å². The van der Waals surface area contributed by atoms with E-state index in [4.69, 9.17) is 11.6 Å². The molecular formula is C15H14ClN3O2S. The van der Waals surface area contributed by atoms with Crippen LogP contribution in [-0.4, -0.2) is 22.8 Å². The molecule has 1 aromatic heterocycles. The lowest BCUT2D eigenvalue weighted by Gasteiger charge is -2.11. The van der Waals surface area contributed by atoms with Crippen LogP contribution >= 0.6 is 11.6 Å². The Morgan fingerprint density at radius 2 is 1.68 bits per heavy atom. The van der Waals surface area contributed by atoms with Gasteiger partial charge in [-0.2, -0.15) is 8.42 Å². The fourth-order valence-corrected chi connectivity index (χ4v) is 4.05. The molecule has 0 fully saturated rings. The highest BCUT2D eigenvalue weighted by molar-refractivity contribution is 7.90. The number of nitrogens with zero attached hydrogens (tertiary/aromatic N) is 3. The van der Waals surface area contributed by atoms with Gasteiger partial charge in [0.2, 0.25) is 0 Å². The Morgan fingerprint density at radius 1 is 1.00 bits per heavy atom. The molecule has 0 radical (unpaired) electrons. The van der Waals surface area contributed by atoms with Crippen LogP contribution in [0.25, 0.3) is 11.0 Å². The molecule has 5 nitrogen and oxygen atoms in total. The second-order valence-corrected chi connectivity index (χ2v) is 7.44. The zero-order valence-corrected chi connectivity index (χ0v) is 13.9. The molecule has 1 heterocycles. The van der Waals surface area contributed by atoms with Crippen LogP contribution in [0.2, 0.25) is 5.02 Å². The molecule has 0 saturated carbocycles. The van der Waals surface area contributed by atoms with Gasteiger partial charge < -0.3 is 0 Å². The Balaban J connectivity index is 2.27. The predicted molar refractivity (Wildman–Crippen MR) is 85.8 cm³/mol. The molecule has 0 bridgehead atoms. The first kappa shape index (κ1) is 15.0. The van der Waals surface area contributed by atoms with Gasteiger partial charge >= 0.3 is 0 Å². The van der Waals surface area contributed by atoms with Gasteiger partial charge in [-0.05, 0) is 61.7 Å². The van der Waals surface area contributed by atoms with Gasteiger partial charge in [-0.15, -0.1) is 9.19 Å². The van der Waals surface area contributed by atoms with Crippen LogP contribution in [0.4, 0.5) is 0 Å². The predicted octanol–water partition coefficient (Wildman–Crippen LogP) is 3.25. The molecule has 7 heteroatoms. The summed E-state index contributed by atoms with van der Waals surface area (Å²) in [6, 6.07) is 8.34. The van der Waals surface area contributed by atoms with E-state index in [1.165, 1.54) is 0 Å². The van der Waals surface area contributed by atoms with E-state index in [0.717, 1.165) is 15.2 Å². The minimum absolute atomic E-state index is 0.234. The Hall–Kier alpha value is -1.92. The molecule has 3 aromatic rings. The lowest BCUT2D eigenvalue weighted by atomic mass is 10.1. The molecular weight excluding hydrogens is 322 g/mol. The Kier molecular flexibility index (Phi) is 3.45. The summed E-state index contributed by atoms with van der Waals surface area (Å²) in [5.41, 5.74) is 3.49. The SMILES string of the molecule is Cc1cc(C)c(S(=O)(=O)n2nnc3cc(Cl)ccc32)cc1C. The van der Waals surface area contributed by atoms with Gasteiger partial charge in [-0.25, -0.2) is 0 Å². The first-order valence-electron chi connectivity index (χ1n) is 6.65. The van der Waals surface area contributed by atoms with Crippen LogP contribution in [0.3, 0.4) is 0 Å². The molecule has 0 saturated heterocycles. The number of halogens is 1. The van der Waals surface area contributed by atoms with Crippen LogP contribution in [0.1, 0.15) is 16.7 Å². The molecule has 0 N–H and O–H groups in total. The van der Waals surface area contributed by atoms with Gasteiger partial charge in [0.05, 0.1) is 4.90 Å². The first-order chi connectivity index (χ1) is 10.3. The van der Waals surface area contributed by atoms with E-state index in [9.17, 15) is 8.42 Å². The average molecular weight is 336 g/mol. The van der Waals surface area contributed by atoms with E-state index in [1.807, 2.05) is 19.9 Å². The Labute approximate surface area is 133 Å². The van der Waals surface area contributed by atoms with E-state index < -0.39 is 10.0 Å². The van der Waals surface area contributed by atoms with Crippen molar-refractivity contribution in [2.75, 3.05) is 0 Å². The number of fused-ring (bicyclic) bond motifs is 1. The normalized spacial score (nSPS) is 12.0. The summed E-state index contributed by atoms with van der Waals surface area (Å²) in [6.45, 7) is 5.61. The number of aryl methyl sites for hydroxylation is 3. The highest BCUT2D eigenvalue weighted by Crippen LogP contribution is 2.25. The fourth-order valence-electron chi connectivity index (χ4n) is 2.36. The maximum absolute atomic E-state index is 12.9. The molecule has 2 aromatic carbocycles. The number of benzene rings is 2. The van der Waals surface area contributed by atoms with E-state index in [2.05, 4.69) is 10.3 Å². The average Bonchev–Trinajstić information content (AvgIpc) is 2.86. The quantitative estimate of drug-likeness (QED) is 0.721. The number of rotatable bonds is 2. The Bertz CT molecular complexity index is 993. The highest BCUT2D eigenvalue weighted by Gasteiger charge is 2.24. The van der Waals surface area contributed by atoms with Crippen molar-refractivity contribution in [1.82, 2.24) is 14.4 Å². The molecule has 0 spiro atoms. The first-order valence-corrected chi connectivity index (χ1v) is 8.47. The van der Waals surface area contributed by atoms with Gasteiger partial charge in [-0.3, -0.25) is 0 Å². The highest BCUT2D eigenvalue weighted by atomic mass is 35.5. The summed E-state index contributed by atoms with van der Waals surface area (Å²) in [6.07, 6.45) is 0. The van der Waals surface area contributed by atoms with Crippen molar-refractivity contribution in [3.05, 3.63) is 52.0 Å². The van der Waals surface area contributed by atoms with Crippen LogP contribution in [0.15, 0.2) is 35.2 Å². The molecule has 0 amide bonds. The summed E-state index contributed by atoms with van der Waals surface area (Å²) in [7, 11) is -3.81. The molecule has 3 rings (SSSR count). The zero-order valence-electron chi connectivity index (χ0n) is 12.3. The van der Waals surface area contributed by atoms with Crippen LogP contribution in [-0.2, 0) is 10.0 Å². The molecule has 22 heavy (non-hydrogen) atoms. The summed E-state index contributed by atoms with van der Waals surface area (Å²) in [4.78, 5) is 0.234. The van der Waals surface area contributed by atoms with Crippen molar-refractivity contribution in [2.24, 2.45) is 0 Å². The molecule has 0 unspecified atom stereocenters.